The SMILES string of the molecule is Cc1cccc(N(CC(=O)N/N=C\c2c3ccccc3cc3ccccc23)S(C)(=O)=O)c1. The highest BCUT2D eigenvalue weighted by Crippen LogP contribution is 2.27. The van der Waals surface area contributed by atoms with E-state index in [9.17, 15) is 13.2 Å². The molecule has 1 N–H and O–H groups in total. The van der Waals surface area contributed by atoms with Crippen LogP contribution in [0.15, 0.2) is 84.0 Å². The summed E-state index contributed by atoms with van der Waals surface area (Å²) in [5, 5.41) is 8.32. The second-order valence-corrected chi connectivity index (χ2v) is 9.54. The predicted octanol–water partition coefficient (Wildman–Crippen LogP) is 4.22. The average molecular weight is 446 g/mol. The van der Waals surface area contributed by atoms with Gasteiger partial charge in [0.25, 0.3) is 5.91 Å². The molecule has 0 bridgehead atoms. The van der Waals surface area contributed by atoms with Crippen molar-refractivity contribution in [2.45, 2.75) is 6.92 Å². The molecule has 4 aromatic rings. The molecular formula is C25H23N3O3S. The second-order valence-electron chi connectivity index (χ2n) is 7.63. The van der Waals surface area contributed by atoms with Crippen molar-refractivity contribution in [3.63, 3.8) is 0 Å². The van der Waals surface area contributed by atoms with Crippen LogP contribution in [0.3, 0.4) is 0 Å². The Morgan fingerprint density at radius 1 is 0.938 bits per heavy atom. The van der Waals surface area contributed by atoms with Crippen molar-refractivity contribution in [1.29, 1.82) is 0 Å². The number of nitrogens with one attached hydrogen (secondary N) is 1. The number of anilines is 1. The summed E-state index contributed by atoms with van der Waals surface area (Å²) in [5.41, 5.74) is 4.70. The molecule has 0 unspecified atom stereocenters. The Morgan fingerprint density at radius 3 is 2.16 bits per heavy atom. The molecule has 32 heavy (non-hydrogen) atoms. The average Bonchev–Trinajstić information content (AvgIpc) is 2.76. The van der Waals surface area contributed by atoms with Crippen LogP contribution >= 0.6 is 0 Å². The molecule has 0 aliphatic heterocycles. The second kappa shape index (κ2) is 8.80. The minimum Gasteiger partial charge on any atom is -0.271 e. The number of hydrazone groups is 1. The molecule has 1 amide bonds. The lowest BCUT2D eigenvalue weighted by molar-refractivity contribution is -0.119. The topological polar surface area (TPSA) is 78.8 Å². The van der Waals surface area contributed by atoms with Gasteiger partial charge in [-0.3, -0.25) is 9.10 Å². The number of amides is 1. The molecule has 0 saturated heterocycles. The third-order valence-corrected chi connectivity index (χ3v) is 6.31. The van der Waals surface area contributed by atoms with Gasteiger partial charge in [0.15, 0.2) is 0 Å². The van der Waals surface area contributed by atoms with E-state index in [0.717, 1.165) is 43.2 Å². The van der Waals surface area contributed by atoms with Crippen molar-refractivity contribution in [1.82, 2.24) is 5.43 Å². The Hall–Kier alpha value is -3.71. The number of fused-ring (bicyclic) bond motifs is 2. The molecular weight excluding hydrogens is 422 g/mol. The van der Waals surface area contributed by atoms with Crippen LogP contribution in [-0.2, 0) is 14.8 Å². The molecule has 0 aliphatic carbocycles. The first-order chi connectivity index (χ1) is 15.3. The summed E-state index contributed by atoms with van der Waals surface area (Å²) < 4.78 is 25.6. The first-order valence-electron chi connectivity index (χ1n) is 10.1. The van der Waals surface area contributed by atoms with Crippen LogP contribution in [0.1, 0.15) is 11.1 Å². The van der Waals surface area contributed by atoms with E-state index in [4.69, 9.17) is 0 Å². The van der Waals surface area contributed by atoms with Crippen molar-refractivity contribution in [3.8, 4) is 0 Å². The summed E-state index contributed by atoms with van der Waals surface area (Å²) in [7, 11) is -3.64. The molecule has 7 heteroatoms. The van der Waals surface area contributed by atoms with E-state index in [-0.39, 0.29) is 6.54 Å². The number of carbonyl (C=O) groups excluding carboxylic acids is 1. The molecule has 0 aliphatic rings. The van der Waals surface area contributed by atoms with Gasteiger partial charge in [-0.25, -0.2) is 13.8 Å². The van der Waals surface area contributed by atoms with Gasteiger partial charge in [0.05, 0.1) is 18.2 Å². The van der Waals surface area contributed by atoms with E-state index < -0.39 is 15.9 Å². The van der Waals surface area contributed by atoms with Crippen molar-refractivity contribution in [3.05, 3.63) is 90.0 Å². The molecule has 4 aromatic carbocycles. The quantitative estimate of drug-likeness (QED) is 0.274. The van der Waals surface area contributed by atoms with E-state index in [1.165, 1.54) is 0 Å². The van der Waals surface area contributed by atoms with Gasteiger partial charge in [0.1, 0.15) is 6.54 Å². The molecule has 0 spiro atoms. The zero-order valence-corrected chi connectivity index (χ0v) is 18.6. The third-order valence-electron chi connectivity index (χ3n) is 5.17. The maximum Gasteiger partial charge on any atom is 0.260 e. The fourth-order valence-corrected chi connectivity index (χ4v) is 4.55. The summed E-state index contributed by atoms with van der Waals surface area (Å²) in [6.07, 6.45) is 2.69. The summed E-state index contributed by atoms with van der Waals surface area (Å²) >= 11 is 0. The molecule has 0 aromatic heterocycles. The number of nitrogens with zero attached hydrogens (tertiary/aromatic N) is 2. The van der Waals surface area contributed by atoms with Crippen LogP contribution in [0.4, 0.5) is 5.69 Å². The minimum atomic E-state index is -3.64. The van der Waals surface area contributed by atoms with Crippen molar-refractivity contribution in [2.75, 3.05) is 17.1 Å². The van der Waals surface area contributed by atoms with Gasteiger partial charge in [-0.2, -0.15) is 5.10 Å². The normalized spacial score (nSPS) is 11.8. The molecule has 0 atom stereocenters. The van der Waals surface area contributed by atoms with Crippen LogP contribution in [0, 0.1) is 6.92 Å². The largest absolute Gasteiger partial charge is 0.271 e. The zero-order valence-electron chi connectivity index (χ0n) is 17.8. The van der Waals surface area contributed by atoms with Gasteiger partial charge in [-0.05, 0) is 52.2 Å². The van der Waals surface area contributed by atoms with Gasteiger partial charge in [-0.1, -0.05) is 60.7 Å². The Balaban J connectivity index is 1.60. The Morgan fingerprint density at radius 2 is 1.56 bits per heavy atom. The summed E-state index contributed by atoms with van der Waals surface area (Å²) in [5.74, 6) is -0.530. The molecule has 0 fully saturated rings. The van der Waals surface area contributed by atoms with E-state index in [0.29, 0.717) is 5.69 Å². The monoisotopic (exact) mass is 445 g/mol. The summed E-state index contributed by atoms with van der Waals surface area (Å²) in [4.78, 5) is 12.5. The van der Waals surface area contributed by atoms with Gasteiger partial charge in [0.2, 0.25) is 10.0 Å². The maximum absolute atomic E-state index is 12.5. The number of hydrogen-bond acceptors (Lipinski definition) is 4. The van der Waals surface area contributed by atoms with Crippen molar-refractivity contribution < 1.29 is 13.2 Å². The lowest BCUT2D eigenvalue weighted by Gasteiger charge is -2.21. The molecule has 0 radical (unpaired) electrons. The van der Waals surface area contributed by atoms with E-state index >= 15 is 0 Å². The fourth-order valence-electron chi connectivity index (χ4n) is 3.71. The standard InChI is InChI=1S/C25H23N3O3S/c1-18-8-7-11-21(14-18)28(32(2,30)31)17-25(29)27-26-16-24-22-12-5-3-9-19(22)15-20-10-4-6-13-23(20)24/h3-16H,17H2,1-2H3,(H,27,29)/b26-16-. The summed E-state index contributed by atoms with van der Waals surface area (Å²) in [6.45, 7) is 1.50. The lowest BCUT2D eigenvalue weighted by atomic mass is 9.97. The van der Waals surface area contributed by atoms with Gasteiger partial charge in [-0.15, -0.1) is 0 Å². The van der Waals surface area contributed by atoms with E-state index in [1.807, 2.05) is 61.5 Å². The van der Waals surface area contributed by atoms with Gasteiger partial charge >= 0.3 is 0 Å². The highest BCUT2D eigenvalue weighted by Gasteiger charge is 2.20. The Bertz CT molecular complexity index is 1390. The highest BCUT2D eigenvalue weighted by molar-refractivity contribution is 7.92. The van der Waals surface area contributed by atoms with Crippen LogP contribution in [0.2, 0.25) is 0 Å². The molecule has 162 valence electrons. The molecule has 0 heterocycles. The summed E-state index contributed by atoms with van der Waals surface area (Å²) in [6, 6.07) is 25.1. The van der Waals surface area contributed by atoms with Crippen molar-refractivity contribution in [2.24, 2.45) is 5.10 Å². The third kappa shape index (κ3) is 4.63. The minimum absolute atomic E-state index is 0.365. The van der Waals surface area contributed by atoms with Crippen LogP contribution in [0.25, 0.3) is 21.5 Å². The van der Waals surface area contributed by atoms with Crippen LogP contribution in [0.5, 0.6) is 0 Å². The fraction of sp³-hybridized carbons (Fsp3) is 0.120. The Kier molecular flexibility index (Phi) is 5.92. The highest BCUT2D eigenvalue weighted by atomic mass is 32.2. The zero-order chi connectivity index (χ0) is 22.7. The first-order valence-corrected chi connectivity index (χ1v) is 11.9. The lowest BCUT2D eigenvalue weighted by Crippen LogP contribution is -2.39. The number of hydrogen-bond donors (Lipinski definition) is 1. The maximum atomic E-state index is 12.5. The van der Waals surface area contributed by atoms with Crippen molar-refractivity contribution >= 4 is 49.4 Å². The number of sulfonamides is 1. The van der Waals surface area contributed by atoms with E-state index in [2.05, 4.69) is 16.6 Å². The number of aryl methyl sites for hydroxylation is 1. The molecule has 0 saturated carbocycles. The van der Waals surface area contributed by atoms with Gasteiger partial charge < -0.3 is 0 Å². The van der Waals surface area contributed by atoms with Crippen LogP contribution in [-0.4, -0.2) is 33.3 Å². The Labute approximate surface area is 187 Å². The smallest absolute Gasteiger partial charge is 0.260 e. The first kappa shape index (κ1) is 21.5. The molecule has 4 rings (SSSR count). The van der Waals surface area contributed by atoms with Crippen LogP contribution < -0.4 is 9.73 Å². The predicted molar refractivity (Wildman–Crippen MR) is 131 cm³/mol. The molecule has 6 nitrogen and oxygen atoms in total. The number of benzene rings is 4. The number of carbonyl (C=O) groups is 1. The van der Waals surface area contributed by atoms with E-state index in [1.54, 1.807) is 24.4 Å². The number of rotatable bonds is 6. The van der Waals surface area contributed by atoms with Gasteiger partial charge in [0, 0.05) is 5.56 Å².